The molecule has 108 valence electrons. The van der Waals surface area contributed by atoms with Crippen LogP contribution in [-0.4, -0.2) is 15.5 Å². The van der Waals surface area contributed by atoms with E-state index in [2.05, 4.69) is 10.0 Å². The van der Waals surface area contributed by atoms with Gasteiger partial charge >= 0.3 is 0 Å². The Morgan fingerprint density at radius 2 is 2.05 bits per heavy atom. The molecule has 20 heavy (non-hydrogen) atoms. The van der Waals surface area contributed by atoms with E-state index in [1.165, 1.54) is 29.5 Å². The van der Waals surface area contributed by atoms with Crippen LogP contribution in [0.4, 0.5) is 10.1 Å². The molecule has 0 aliphatic rings. The van der Waals surface area contributed by atoms with Crippen molar-refractivity contribution in [2.75, 3.05) is 11.8 Å². The Labute approximate surface area is 121 Å². The van der Waals surface area contributed by atoms with Crippen molar-refractivity contribution in [3.8, 4) is 0 Å². The molecule has 0 radical (unpaired) electrons. The normalized spacial score (nSPS) is 11.6. The fourth-order valence-corrected chi connectivity index (χ4v) is 4.39. The molecule has 1 heterocycles. The summed E-state index contributed by atoms with van der Waals surface area (Å²) in [7, 11) is -1.90. The summed E-state index contributed by atoms with van der Waals surface area (Å²) in [6.07, 6.45) is 0. The van der Waals surface area contributed by atoms with Crippen LogP contribution < -0.4 is 10.0 Å². The van der Waals surface area contributed by atoms with Gasteiger partial charge in [-0.05, 0) is 49.2 Å². The lowest BCUT2D eigenvalue weighted by Crippen LogP contribution is -2.16. The second-order valence-electron chi connectivity index (χ2n) is 4.30. The van der Waals surface area contributed by atoms with Gasteiger partial charge in [-0.2, -0.15) is 0 Å². The van der Waals surface area contributed by atoms with Gasteiger partial charge in [0.1, 0.15) is 10.7 Å². The lowest BCUT2D eigenvalue weighted by Gasteiger charge is -2.11. The third kappa shape index (κ3) is 3.17. The minimum absolute atomic E-state index is 0.251. The third-order valence-corrected chi connectivity index (χ3v) is 5.26. The predicted molar refractivity (Wildman–Crippen MR) is 79.0 cm³/mol. The number of aryl methyl sites for hydroxylation is 1. The van der Waals surface area contributed by atoms with Gasteiger partial charge in [0.15, 0.2) is 0 Å². The summed E-state index contributed by atoms with van der Waals surface area (Å²) in [5, 5.41) is 4.67. The van der Waals surface area contributed by atoms with Gasteiger partial charge in [-0.25, -0.2) is 12.8 Å². The summed E-state index contributed by atoms with van der Waals surface area (Å²) in [6, 6.07) is 5.51. The highest BCUT2D eigenvalue weighted by atomic mass is 32.2. The second-order valence-corrected chi connectivity index (χ2v) is 6.95. The SMILES string of the molecule is CNCc1sccc1S(=O)(=O)Nc1ccc(F)cc1C. The first-order valence-corrected chi connectivity index (χ1v) is 8.30. The van der Waals surface area contributed by atoms with E-state index in [4.69, 9.17) is 0 Å². The summed E-state index contributed by atoms with van der Waals surface area (Å²) >= 11 is 1.38. The summed E-state index contributed by atoms with van der Waals surface area (Å²) in [5.74, 6) is -0.392. The molecule has 0 saturated carbocycles. The Morgan fingerprint density at radius 1 is 1.30 bits per heavy atom. The number of thiophene rings is 1. The Kier molecular flexibility index (Phi) is 4.42. The Balaban J connectivity index is 2.33. The topological polar surface area (TPSA) is 58.2 Å². The Hall–Kier alpha value is -1.44. The molecule has 0 bridgehead atoms. The monoisotopic (exact) mass is 314 g/mol. The van der Waals surface area contributed by atoms with E-state index in [0.29, 0.717) is 17.8 Å². The molecule has 0 amide bonds. The van der Waals surface area contributed by atoms with Gasteiger partial charge in [-0.3, -0.25) is 4.72 Å². The summed E-state index contributed by atoms with van der Waals surface area (Å²) < 4.78 is 40.3. The number of sulfonamides is 1. The van der Waals surface area contributed by atoms with Crippen LogP contribution in [0.3, 0.4) is 0 Å². The van der Waals surface area contributed by atoms with Crippen molar-refractivity contribution in [1.29, 1.82) is 0 Å². The molecular formula is C13H15FN2O2S2. The summed E-state index contributed by atoms with van der Waals surface area (Å²) in [5.41, 5.74) is 0.923. The van der Waals surface area contributed by atoms with Crippen LogP contribution in [0.15, 0.2) is 34.5 Å². The van der Waals surface area contributed by atoms with Crippen LogP contribution in [0.25, 0.3) is 0 Å². The molecule has 2 N–H and O–H groups in total. The predicted octanol–water partition coefficient (Wildman–Crippen LogP) is 2.72. The number of anilines is 1. The fourth-order valence-electron chi connectivity index (χ4n) is 1.80. The maximum absolute atomic E-state index is 13.0. The lowest BCUT2D eigenvalue weighted by molar-refractivity contribution is 0.599. The molecule has 1 aromatic carbocycles. The molecular weight excluding hydrogens is 299 g/mol. The van der Waals surface area contributed by atoms with E-state index in [1.54, 1.807) is 25.4 Å². The van der Waals surface area contributed by atoms with Crippen LogP contribution in [0.1, 0.15) is 10.4 Å². The van der Waals surface area contributed by atoms with Crippen molar-refractivity contribution in [2.24, 2.45) is 0 Å². The zero-order valence-electron chi connectivity index (χ0n) is 11.1. The second kappa shape index (κ2) is 5.90. The first-order valence-electron chi connectivity index (χ1n) is 5.94. The van der Waals surface area contributed by atoms with Gasteiger partial charge in [-0.15, -0.1) is 11.3 Å². The van der Waals surface area contributed by atoms with Gasteiger partial charge < -0.3 is 5.32 Å². The van der Waals surface area contributed by atoms with Crippen LogP contribution in [0.2, 0.25) is 0 Å². The van der Waals surface area contributed by atoms with Crippen LogP contribution in [0.5, 0.6) is 0 Å². The molecule has 7 heteroatoms. The van der Waals surface area contributed by atoms with E-state index < -0.39 is 15.8 Å². The highest BCUT2D eigenvalue weighted by Gasteiger charge is 2.20. The van der Waals surface area contributed by atoms with Crippen LogP contribution >= 0.6 is 11.3 Å². The van der Waals surface area contributed by atoms with E-state index >= 15 is 0 Å². The maximum atomic E-state index is 13.0. The van der Waals surface area contributed by atoms with Gasteiger partial charge in [0.2, 0.25) is 0 Å². The van der Waals surface area contributed by atoms with Gasteiger partial charge in [-0.1, -0.05) is 0 Å². The van der Waals surface area contributed by atoms with Crippen molar-refractivity contribution >= 4 is 27.0 Å². The average molecular weight is 314 g/mol. The molecule has 2 aromatic rings. The average Bonchev–Trinajstić information content (AvgIpc) is 2.82. The number of hydrogen-bond donors (Lipinski definition) is 2. The number of rotatable bonds is 5. The zero-order valence-corrected chi connectivity index (χ0v) is 12.7. The van der Waals surface area contributed by atoms with E-state index in [0.717, 1.165) is 4.88 Å². The number of halogens is 1. The molecule has 4 nitrogen and oxygen atoms in total. The molecule has 0 unspecified atom stereocenters. The maximum Gasteiger partial charge on any atom is 0.263 e. The molecule has 1 aromatic heterocycles. The highest BCUT2D eigenvalue weighted by Crippen LogP contribution is 2.25. The smallest absolute Gasteiger partial charge is 0.263 e. The molecule has 0 aliphatic heterocycles. The molecule has 2 rings (SSSR count). The molecule has 0 aliphatic carbocycles. The summed E-state index contributed by atoms with van der Waals surface area (Å²) in [4.78, 5) is 0.986. The summed E-state index contributed by atoms with van der Waals surface area (Å²) in [6.45, 7) is 2.14. The lowest BCUT2D eigenvalue weighted by atomic mass is 10.2. The number of benzene rings is 1. The molecule has 0 spiro atoms. The van der Waals surface area contributed by atoms with Gasteiger partial charge in [0, 0.05) is 11.4 Å². The first-order chi connectivity index (χ1) is 9.44. The highest BCUT2D eigenvalue weighted by molar-refractivity contribution is 7.93. The van der Waals surface area contributed by atoms with Crippen LogP contribution in [-0.2, 0) is 16.6 Å². The van der Waals surface area contributed by atoms with E-state index in [-0.39, 0.29) is 4.90 Å². The minimum Gasteiger partial charge on any atom is -0.315 e. The Bertz CT molecular complexity index is 711. The van der Waals surface area contributed by atoms with Gasteiger partial charge in [0.05, 0.1) is 5.69 Å². The van der Waals surface area contributed by atoms with Crippen molar-refractivity contribution in [1.82, 2.24) is 5.32 Å². The van der Waals surface area contributed by atoms with Crippen molar-refractivity contribution in [3.63, 3.8) is 0 Å². The quantitative estimate of drug-likeness (QED) is 0.892. The van der Waals surface area contributed by atoms with E-state index in [1.807, 2.05) is 0 Å². The zero-order chi connectivity index (χ0) is 14.8. The first kappa shape index (κ1) is 15.0. The van der Waals surface area contributed by atoms with Gasteiger partial charge in [0.25, 0.3) is 10.0 Å². The van der Waals surface area contributed by atoms with E-state index in [9.17, 15) is 12.8 Å². The Morgan fingerprint density at radius 3 is 2.70 bits per heavy atom. The van der Waals surface area contributed by atoms with Crippen molar-refractivity contribution < 1.29 is 12.8 Å². The van der Waals surface area contributed by atoms with Crippen molar-refractivity contribution in [2.45, 2.75) is 18.4 Å². The number of hydrogen-bond acceptors (Lipinski definition) is 4. The van der Waals surface area contributed by atoms with Crippen LogP contribution in [0, 0.1) is 12.7 Å². The third-order valence-electron chi connectivity index (χ3n) is 2.76. The molecule has 0 saturated heterocycles. The standard InChI is InChI=1S/C13H15FN2O2S2/c1-9-7-10(14)3-4-11(9)16-20(17,18)13-5-6-19-12(13)8-15-2/h3-7,15-16H,8H2,1-2H3. The molecule has 0 fully saturated rings. The fraction of sp³-hybridized carbons (Fsp3) is 0.231. The largest absolute Gasteiger partial charge is 0.315 e. The molecule has 0 atom stereocenters. The minimum atomic E-state index is -3.66. The van der Waals surface area contributed by atoms with Crippen molar-refractivity contribution in [3.05, 3.63) is 45.9 Å². The number of nitrogens with one attached hydrogen (secondary N) is 2.